The van der Waals surface area contributed by atoms with E-state index in [2.05, 4.69) is 16.1 Å². The van der Waals surface area contributed by atoms with E-state index in [1.165, 1.54) is 0 Å². The highest BCUT2D eigenvalue weighted by atomic mass is 16.5. The van der Waals surface area contributed by atoms with Gasteiger partial charge in [0, 0.05) is 25.2 Å². The summed E-state index contributed by atoms with van der Waals surface area (Å²) in [6, 6.07) is 13.6. The maximum Gasteiger partial charge on any atom is 0.202 e. The molecule has 0 radical (unpaired) electrons. The number of hydrogen-bond acceptors (Lipinski definition) is 6. The SMILES string of the molecule is COc1cccc([C@H]2C[C@@H](O)CN2Cc2cc(-c3ccco3)on2)c1. The first-order chi connectivity index (χ1) is 12.2. The maximum atomic E-state index is 10.2. The zero-order valence-corrected chi connectivity index (χ0v) is 14.0. The maximum absolute atomic E-state index is 10.2. The quantitative estimate of drug-likeness (QED) is 0.769. The highest BCUT2D eigenvalue weighted by Gasteiger charge is 2.32. The molecule has 0 aliphatic carbocycles. The van der Waals surface area contributed by atoms with E-state index in [4.69, 9.17) is 13.7 Å². The Bertz CT molecular complexity index is 828. The predicted molar refractivity (Wildman–Crippen MR) is 91.0 cm³/mol. The van der Waals surface area contributed by atoms with Gasteiger partial charge in [0.1, 0.15) is 5.75 Å². The van der Waals surface area contributed by atoms with E-state index in [0.717, 1.165) is 17.0 Å². The highest BCUT2D eigenvalue weighted by molar-refractivity contribution is 5.49. The summed E-state index contributed by atoms with van der Waals surface area (Å²) >= 11 is 0. The van der Waals surface area contributed by atoms with E-state index in [9.17, 15) is 5.11 Å². The molecule has 25 heavy (non-hydrogen) atoms. The molecule has 6 nitrogen and oxygen atoms in total. The first kappa shape index (κ1) is 15.9. The summed E-state index contributed by atoms with van der Waals surface area (Å²) in [4.78, 5) is 2.21. The van der Waals surface area contributed by atoms with Crippen molar-refractivity contribution in [2.24, 2.45) is 0 Å². The summed E-state index contributed by atoms with van der Waals surface area (Å²) in [6.45, 7) is 1.20. The number of aromatic nitrogens is 1. The van der Waals surface area contributed by atoms with Crippen LogP contribution in [0, 0.1) is 0 Å². The molecule has 1 aliphatic rings. The van der Waals surface area contributed by atoms with Crippen LogP contribution in [0.4, 0.5) is 0 Å². The lowest BCUT2D eigenvalue weighted by Crippen LogP contribution is -2.24. The Morgan fingerprint density at radius 1 is 1.24 bits per heavy atom. The van der Waals surface area contributed by atoms with Crippen LogP contribution in [-0.2, 0) is 6.54 Å². The second kappa shape index (κ2) is 6.74. The number of hydrogen-bond donors (Lipinski definition) is 1. The number of rotatable bonds is 5. The number of β-amino-alcohol motifs (C(OH)–C–C–N with tert-alkyl or cyclic N) is 1. The molecule has 0 spiro atoms. The van der Waals surface area contributed by atoms with Crippen LogP contribution in [-0.4, -0.2) is 34.9 Å². The van der Waals surface area contributed by atoms with Gasteiger partial charge in [-0.3, -0.25) is 4.90 Å². The summed E-state index contributed by atoms with van der Waals surface area (Å²) in [5, 5.41) is 14.3. The minimum absolute atomic E-state index is 0.119. The molecule has 0 amide bonds. The molecule has 1 N–H and O–H groups in total. The first-order valence-corrected chi connectivity index (χ1v) is 8.28. The number of nitrogens with zero attached hydrogens (tertiary/aromatic N) is 2. The zero-order valence-electron chi connectivity index (χ0n) is 14.0. The van der Waals surface area contributed by atoms with Crippen LogP contribution in [0.25, 0.3) is 11.5 Å². The molecular weight excluding hydrogens is 320 g/mol. The molecule has 0 unspecified atom stereocenters. The number of furan rings is 1. The van der Waals surface area contributed by atoms with Crippen LogP contribution in [0.2, 0.25) is 0 Å². The monoisotopic (exact) mass is 340 g/mol. The molecule has 2 atom stereocenters. The molecule has 0 saturated carbocycles. The molecule has 1 saturated heterocycles. The zero-order chi connectivity index (χ0) is 17.2. The van der Waals surface area contributed by atoms with Gasteiger partial charge in [-0.25, -0.2) is 0 Å². The van der Waals surface area contributed by atoms with E-state index in [-0.39, 0.29) is 12.1 Å². The normalized spacial score (nSPS) is 20.9. The largest absolute Gasteiger partial charge is 0.497 e. The molecule has 6 heteroatoms. The van der Waals surface area contributed by atoms with Crippen molar-refractivity contribution in [3.8, 4) is 17.3 Å². The Kier molecular flexibility index (Phi) is 4.29. The fraction of sp³-hybridized carbons (Fsp3) is 0.316. The van der Waals surface area contributed by atoms with E-state index in [1.54, 1.807) is 13.4 Å². The third-order valence-corrected chi connectivity index (χ3v) is 4.55. The Morgan fingerprint density at radius 3 is 2.96 bits per heavy atom. The minimum Gasteiger partial charge on any atom is -0.497 e. The summed E-state index contributed by atoms with van der Waals surface area (Å²) in [6.07, 6.45) is 1.94. The number of methoxy groups -OCH3 is 1. The second-order valence-electron chi connectivity index (χ2n) is 6.27. The average molecular weight is 340 g/mol. The molecule has 2 aromatic heterocycles. The van der Waals surface area contributed by atoms with Gasteiger partial charge in [0.05, 0.1) is 25.2 Å². The van der Waals surface area contributed by atoms with Crippen LogP contribution in [0.1, 0.15) is 23.7 Å². The molecule has 0 bridgehead atoms. The number of aliphatic hydroxyl groups excluding tert-OH is 1. The number of aliphatic hydroxyl groups is 1. The van der Waals surface area contributed by atoms with Gasteiger partial charge in [-0.15, -0.1) is 0 Å². The van der Waals surface area contributed by atoms with E-state index in [1.807, 2.05) is 36.4 Å². The van der Waals surface area contributed by atoms with E-state index in [0.29, 0.717) is 31.0 Å². The third-order valence-electron chi connectivity index (χ3n) is 4.55. The lowest BCUT2D eigenvalue weighted by atomic mass is 10.0. The number of likely N-dealkylation sites (tertiary alicyclic amines) is 1. The van der Waals surface area contributed by atoms with Gasteiger partial charge >= 0.3 is 0 Å². The van der Waals surface area contributed by atoms with Crippen LogP contribution in [0.15, 0.2) is 57.7 Å². The molecule has 1 aliphatic heterocycles. The summed E-state index contributed by atoms with van der Waals surface area (Å²) in [7, 11) is 1.66. The average Bonchev–Trinajstić information content (AvgIpc) is 3.36. The molecule has 3 aromatic rings. The van der Waals surface area contributed by atoms with Crippen LogP contribution >= 0.6 is 0 Å². The Labute approximate surface area is 145 Å². The van der Waals surface area contributed by atoms with Crippen molar-refractivity contribution >= 4 is 0 Å². The standard InChI is InChI=1S/C19H20N2O4/c1-23-16-5-2-4-13(8-16)17-10-15(22)12-21(17)11-14-9-19(25-20-14)18-6-3-7-24-18/h2-9,15,17,22H,10-12H2,1H3/t15-,17-/m1/s1. The fourth-order valence-corrected chi connectivity index (χ4v) is 3.38. The molecule has 4 rings (SSSR count). The van der Waals surface area contributed by atoms with E-state index >= 15 is 0 Å². The van der Waals surface area contributed by atoms with Gasteiger partial charge in [-0.05, 0) is 36.2 Å². The van der Waals surface area contributed by atoms with Crippen LogP contribution in [0.3, 0.4) is 0 Å². The fourth-order valence-electron chi connectivity index (χ4n) is 3.38. The van der Waals surface area contributed by atoms with Crippen molar-refractivity contribution in [2.45, 2.75) is 25.1 Å². The Hall–Kier alpha value is -2.57. The third kappa shape index (κ3) is 3.31. The van der Waals surface area contributed by atoms with Crippen molar-refractivity contribution in [1.82, 2.24) is 10.1 Å². The lowest BCUT2D eigenvalue weighted by molar-refractivity contribution is 0.171. The first-order valence-electron chi connectivity index (χ1n) is 8.28. The molecule has 3 heterocycles. The molecule has 1 aromatic carbocycles. The minimum atomic E-state index is -0.354. The number of benzene rings is 1. The predicted octanol–water partition coefficient (Wildman–Crippen LogP) is 3.25. The number of ether oxygens (including phenoxy) is 1. The van der Waals surface area contributed by atoms with Gasteiger partial charge in [0.15, 0.2) is 5.76 Å². The van der Waals surface area contributed by atoms with Crippen molar-refractivity contribution in [2.75, 3.05) is 13.7 Å². The lowest BCUT2D eigenvalue weighted by Gasteiger charge is -2.23. The van der Waals surface area contributed by atoms with Crippen LogP contribution in [0.5, 0.6) is 5.75 Å². The van der Waals surface area contributed by atoms with Crippen LogP contribution < -0.4 is 4.74 Å². The van der Waals surface area contributed by atoms with Crippen molar-refractivity contribution < 1.29 is 18.8 Å². The van der Waals surface area contributed by atoms with Gasteiger partial charge in [-0.1, -0.05) is 17.3 Å². The van der Waals surface area contributed by atoms with Crippen molar-refractivity contribution in [3.05, 3.63) is 60.0 Å². The Morgan fingerprint density at radius 2 is 2.16 bits per heavy atom. The second-order valence-corrected chi connectivity index (χ2v) is 6.27. The summed E-state index contributed by atoms with van der Waals surface area (Å²) in [5.41, 5.74) is 1.94. The topological polar surface area (TPSA) is 71.9 Å². The molecule has 1 fully saturated rings. The summed E-state index contributed by atoms with van der Waals surface area (Å²) in [5.74, 6) is 2.09. The smallest absolute Gasteiger partial charge is 0.202 e. The Balaban J connectivity index is 1.54. The van der Waals surface area contributed by atoms with Gasteiger partial charge in [-0.2, -0.15) is 0 Å². The summed E-state index contributed by atoms with van der Waals surface area (Å²) < 4.78 is 16.0. The van der Waals surface area contributed by atoms with Crippen molar-refractivity contribution in [1.29, 1.82) is 0 Å². The van der Waals surface area contributed by atoms with Gasteiger partial charge in [0.25, 0.3) is 0 Å². The van der Waals surface area contributed by atoms with Gasteiger partial charge in [0.2, 0.25) is 5.76 Å². The molecule has 130 valence electrons. The molecular formula is C19H20N2O4. The highest BCUT2D eigenvalue weighted by Crippen LogP contribution is 2.35. The van der Waals surface area contributed by atoms with Gasteiger partial charge < -0.3 is 18.8 Å². The van der Waals surface area contributed by atoms with E-state index < -0.39 is 0 Å². The van der Waals surface area contributed by atoms with Crippen molar-refractivity contribution in [3.63, 3.8) is 0 Å².